The third-order valence-electron chi connectivity index (χ3n) is 5.65. The van der Waals surface area contributed by atoms with E-state index >= 15 is 0 Å². The van der Waals surface area contributed by atoms with Crippen molar-refractivity contribution in [1.29, 1.82) is 0 Å². The number of hydrogen-bond acceptors (Lipinski definition) is 4. The monoisotopic (exact) mass is 452 g/mol. The van der Waals surface area contributed by atoms with E-state index < -0.39 is 15.8 Å². The Morgan fingerprint density at radius 3 is 2.06 bits per heavy atom. The van der Waals surface area contributed by atoms with Gasteiger partial charge in [0, 0.05) is 11.8 Å². The number of rotatable bonds is 4. The van der Waals surface area contributed by atoms with E-state index in [-0.39, 0.29) is 4.90 Å². The van der Waals surface area contributed by atoms with E-state index in [9.17, 15) is 13.2 Å². The van der Waals surface area contributed by atoms with Gasteiger partial charge in [-0.2, -0.15) is 0 Å². The van der Waals surface area contributed by atoms with E-state index in [2.05, 4.69) is 0 Å². The number of sulfone groups is 1. The van der Waals surface area contributed by atoms with Gasteiger partial charge in [-0.05, 0) is 45.7 Å². The lowest BCUT2D eigenvalue weighted by molar-refractivity contribution is -0.131. The predicted octanol–water partition coefficient (Wildman–Crippen LogP) is 5.75. The molecule has 0 bridgehead atoms. The summed E-state index contributed by atoms with van der Waals surface area (Å²) < 4.78 is 29.6. The van der Waals surface area contributed by atoms with Crippen LogP contribution in [-0.2, 0) is 19.4 Å². The minimum atomic E-state index is -3.33. The fraction of sp³-hybridized carbons (Fsp3) is 0.0357. The van der Waals surface area contributed by atoms with E-state index in [1.807, 2.05) is 78.9 Å². The SMILES string of the molecule is CS(=O)(=O)c1ccc(C2=C(c3ccccc3)C(=O)O/C2=C\c2cccc3ccccc23)cc1. The number of ether oxygens (including phenoxy) is 1. The second kappa shape index (κ2) is 8.19. The highest BCUT2D eigenvalue weighted by atomic mass is 32.2. The van der Waals surface area contributed by atoms with Gasteiger partial charge >= 0.3 is 5.97 Å². The maximum atomic E-state index is 13.0. The summed E-state index contributed by atoms with van der Waals surface area (Å²) in [6, 6.07) is 29.9. The summed E-state index contributed by atoms with van der Waals surface area (Å²) in [6.07, 6.45) is 3.04. The van der Waals surface area contributed by atoms with Gasteiger partial charge in [-0.25, -0.2) is 13.2 Å². The summed E-state index contributed by atoms with van der Waals surface area (Å²) in [4.78, 5) is 13.3. The largest absolute Gasteiger partial charge is 0.422 e. The number of esters is 1. The third kappa shape index (κ3) is 3.99. The first-order chi connectivity index (χ1) is 15.9. The van der Waals surface area contributed by atoms with E-state index in [1.165, 1.54) is 6.26 Å². The zero-order valence-electron chi connectivity index (χ0n) is 17.9. The van der Waals surface area contributed by atoms with Crippen LogP contribution in [0.1, 0.15) is 16.7 Å². The minimum absolute atomic E-state index is 0.220. The fourth-order valence-electron chi connectivity index (χ4n) is 4.07. The Bertz CT molecular complexity index is 1540. The Morgan fingerprint density at radius 1 is 0.697 bits per heavy atom. The van der Waals surface area contributed by atoms with Crippen LogP contribution in [0.3, 0.4) is 0 Å². The number of fused-ring (bicyclic) bond motifs is 1. The Hall–Kier alpha value is -3.96. The van der Waals surface area contributed by atoms with Crippen LogP contribution in [0, 0.1) is 0 Å². The average Bonchev–Trinajstić information content (AvgIpc) is 3.15. The van der Waals surface area contributed by atoms with Crippen LogP contribution in [0.5, 0.6) is 0 Å². The van der Waals surface area contributed by atoms with Gasteiger partial charge in [0.15, 0.2) is 9.84 Å². The van der Waals surface area contributed by atoms with E-state index in [0.717, 1.165) is 21.9 Å². The highest BCUT2D eigenvalue weighted by Gasteiger charge is 2.32. The second-order valence-electron chi connectivity index (χ2n) is 7.88. The molecule has 0 N–H and O–H groups in total. The first-order valence-electron chi connectivity index (χ1n) is 10.4. The van der Waals surface area contributed by atoms with Crippen molar-refractivity contribution < 1.29 is 17.9 Å². The van der Waals surface area contributed by atoms with Crippen LogP contribution in [0.4, 0.5) is 0 Å². The van der Waals surface area contributed by atoms with Crippen molar-refractivity contribution in [3.63, 3.8) is 0 Å². The zero-order chi connectivity index (χ0) is 23.0. The van der Waals surface area contributed by atoms with Crippen molar-refractivity contribution in [3.8, 4) is 0 Å². The smallest absolute Gasteiger partial charge is 0.344 e. The van der Waals surface area contributed by atoms with Gasteiger partial charge in [-0.3, -0.25) is 0 Å². The van der Waals surface area contributed by atoms with Crippen LogP contribution in [0.2, 0.25) is 0 Å². The summed E-state index contributed by atoms with van der Waals surface area (Å²) in [5.74, 6) is -0.00260. The first-order valence-corrected chi connectivity index (χ1v) is 12.3. The van der Waals surface area contributed by atoms with E-state index in [4.69, 9.17) is 4.74 Å². The highest BCUT2D eigenvalue weighted by molar-refractivity contribution is 7.90. The maximum Gasteiger partial charge on any atom is 0.344 e. The molecule has 0 radical (unpaired) electrons. The molecular formula is C28H20O4S. The highest BCUT2D eigenvalue weighted by Crippen LogP contribution is 2.41. The van der Waals surface area contributed by atoms with Crippen molar-refractivity contribution in [1.82, 2.24) is 0 Å². The molecule has 0 saturated carbocycles. The number of carbonyl (C=O) groups excluding carboxylic acids is 1. The summed E-state index contributed by atoms with van der Waals surface area (Å²) in [7, 11) is -3.33. The Balaban J connectivity index is 1.74. The molecule has 0 aliphatic carbocycles. The number of allylic oxidation sites excluding steroid dienone is 1. The Labute approximate surface area is 192 Å². The lowest BCUT2D eigenvalue weighted by atomic mass is 9.94. The summed E-state index contributed by atoms with van der Waals surface area (Å²) in [6.45, 7) is 0. The molecule has 0 saturated heterocycles. The zero-order valence-corrected chi connectivity index (χ0v) is 18.7. The Kier molecular flexibility index (Phi) is 5.19. The normalized spacial score (nSPS) is 15.3. The van der Waals surface area contributed by atoms with Crippen LogP contribution in [0.25, 0.3) is 28.0 Å². The Morgan fingerprint density at radius 2 is 1.33 bits per heavy atom. The molecule has 5 rings (SSSR count). The molecule has 4 aromatic rings. The summed E-state index contributed by atoms with van der Waals surface area (Å²) >= 11 is 0. The third-order valence-corrected chi connectivity index (χ3v) is 6.78. The summed E-state index contributed by atoms with van der Waals surface area (Å²) in [5, 5.41) is 2.13. The van der Waals surface area contributed by atoms with Crippen LogP contribution < -0.4 is 0 Å². The van der Waals surface area contributed by atoms with Crippen molar-refractivity contribution in [2.75, 3.05) is 6.26 Å². The molecule has 1 aliphatic heterocycles. The molecule has 4 nitrogen and oxygen atoms in total. The number of benzene rings is 4. The van der Waals surface area contributed by atoms with E-state index in [1.54, 1.807) is 24.3 Å². The number of carbonyl (C=O) groups is 1. The standard InChI is InChI=1S/C28H20O4S/c1-33(30,31)23-16-14-21(15-17-23)26-25(32-28(29)27(26)20-9-3-2-4-10-20)18-22-12-7-11-19-8-5-6-13-24(19)22/h2-18H,1H3/b25-18-. The predicted molar refractivity (Wildman–Crippen MR) is 131 cm³/mol. The fourth-order valence-corrected chi connectivity index (χ4v) is 4.70. The lowest BCUT2D eigenvalue weighted by Gasteiger charge is -2.09. The van der Waals surface area contributed by atoms with Gasteiger partial charge < -0.3 is 4.74 Å². The number of cyclic esters (lactones) is 1. The molecule has 0 aromatic heterocycles. The van der Waals surface area contributed by atoms with Gasteiger partial charge in [0.2, 0.25) is 0 Å². The molecule has 33 heavy (non-hydrogen) atoms. The molecule has 4 aromatic carbocycles. The van der Waals surface area contributed by atoms with Gasteiger partial charge in [-0.1, -0.05) is 84.9 Å². The topological polar surface area (TPSA) is 60.4 Å². The van der Waals surface area contributed by atoms with Crippen LogP contribution in [-0.4, -0.2) is 20.6 Å². The van der Waals surface area contributed by atoms with Crippen molar-refractivity contribution in [2.45, 2.75) is 4.90 Å². The molecule has 1 aliphatic rings. The molecule has 162 valence electrons. The quantitative estimate of drug-likeness (QED) is 0.370. The molecule has 5 heteroatoms. The average molecular weight is 453 g/mol. The molecule has 1 heterocycles. The molecule has 0 amide bonds. The van der Waals surface area contributed by atoms with Gasteiger partial charge in [0.05, 0.1) is 10.5 Å². The van der Waals surface area contributed by atoms with Crippen molar-refractivity contribution in [2.24, 2.45) is 0 Å². The lowest BCUT2D eigenvalue weighted by Crippen LogP contribution is -1.98. The van der Waals surface area contributed by atoms with E-state index in [0.29, 0.717) is 22.5 Å². The molecule has 0 unspecified atom stereocenters. The van der Waals surface area contributed by atoms with Gasteiger partial charge in [0.1, 0.15) is 5.76 Å². The molecule has 0 spiro atoms. The molecule has 0 atom stereocenters. The minimum Gasteiger partial charge on any atom is -0.422 e. The number of hydrogen-bond donors (Lipinski definition) is 0. The molecular weight excluding hydrogens is 432 g/mol. The summed E-state index contributed by atoms with van der Waals surface area (Å²) in [5.41, 5.74) is 3.47. The van der Waals surface area contributed by atoms with Gasteiger partial charge in [0.25, 0.3) is 0 Å². The van der Waals surface area contributed by atoms with Crippen LogP contribution >= 0.6 is 0 Å². The first kappa shape index (κ1) is 20.9. The van der Waals surface area contributed by atoms with Gasteiger partial charge in [-0.15, -0.1) is 0 Å². The van der Waals surface area contributed by atoms with Crippen LogP contribution in [0.15, 0.2) is 108 Å². The van der Waals surface area contributed by atoms with Crippen molar-refractivity contribution >= 4 is 43.8 Å². The maximum absolute atomic E-state index is 13.0. The van der Waals surface area contributed by atoms with Crippen molar-refractivity contribution in [3.05, 3.63) is 120 Å². The second-order valence-corrected chi connectivity index (χ2v) is 9.89. The molecule has 0 fully saturated rings.